The molecule has 0 unspecified atom stereocenters. The summed E-state index contributed by atoms with van der Waals surface area (Å²) in [6, 6.07) is 6.34. The SMILES string of the molecule is O=S(=O)(N1CCCCCC1)N1CCN(c2ccc3ncnc(N4CCCC4)c3c2)CC1. The molecule has 168 valence electrons. The number of hydrogen-bond donors (Lipinski definition) is 0. The number of piperazine rings is 1. The largest absolute Gasteiger partial charge is 0.369 e. The molecule has 3 fully saturated rings. The molecule has 0 aliphatic carbocycles. The van der Waals surface area contributed by atoms with Crippen molar-refractivity contribution < 1.29 is 8.42 Å². The lowest BCUT2D eigenvalue weighted by Gasteiger charge is -2.37. The standard InChI is InChI=1S/C22H32N6O2S/c29-31(30,27-11-3-1-2-4-12-27)28-15-13-25(14-16-28)19-7-8-21-20(17-19)22(24-18-23-21)26-9-5-6-10-26/h7-8,17-18H,1-6,9-16H2. The van der Waals surface area contributed by atoms with E-state index in [2.05, 4.69) is 38.0 Å². The summed E-state index contributed by atoms with van der Waals surface area (Å²) in [5.41, 5.74) is 2.08. The molecule has 0 N–H and O–H groups in total. The van der Waals surface area contributed by atoms with E-state index in [0.29, 0.717) is 39.3 Å². The van der Waals surface area contributed by atoms with Gasteiger partial charge in [-0.05, 0) is 43.9 Å². The zero-order valence-corrected chi connectivity index (χ0v) is 18.9. The lowest BCUT2D eigenvalue weighted by Crippen LogP contribution is -2.53. The molecule has 1 aromatic heterocycles. The molecule has 2 aromatic rings. The van der Waals surface area contributed by atoms with Gasteiger partial charge in [-0.3, -0.25) is 0 Å². The van der Waals surface area contributed by atoms with Gasteiger partial charge < -0.3 is 9.80 Å². The number of fused-ring (bicyclic) bond motifs is 1. The maximum Gasteiger partial charge on any atom is 0.282 e. The van der Waals surface area contributed by atoms with E-state index in [0.717, 1.165) is 61.2 Å². The van der Waals surface area contributed by atoms with Crippen LogP contribution in [-0.2, 0) is 10.2 Å². The van der Waals surface area contributed by atoms with Crippen LogP contribution >= 0.6 is 0 Å². The van der Waals surface area contributed by atoms with Crippen molar-refractivity contribution in [3.8, 4) is 0 Å². The van der Waals surface area contributed by atoms with E-state index >= 15 is 0 Å². The van der Waals surface area contributed by atoms with Crippen LogP contribution in [0.1, 0.15) is 38.5 Å². The molecule has 0 bridgehead atoms. The molecule has 3 saturated heterocycles. The van der Waals surface area contributed by atoms with Crippen molar-refractivity contribution in [3.05, 3.63) is 24.5 Å². The van der Waals surface area contributed by atoms with Gasteiger partial charge in [-0.25, -0.2) is 9.97 Å². The minimum atomic E-state index is -3.35. The molecule has 8 nitrogen and oxygen atoms in total. The van der Waals surface area contributed by atoms with Crippen LogP contribution in [0.5, 0.6) is 0 Å². The van der Waals surface area contributed by atoms with E-state index in [9.17, 15) is 8.42 Å². The van der Waals surface area contributed by atoms with Crippen LogP contribution in [0.25, 0.3) is 10.9 Å². The van der Waals surface area contributed by atoms with Crippen LogP contribution in [0.2, 0.25) is 0 Å². The van der Waals surface area contributed by atoms with E-state index in [4.69, 9.17) is 0 Å². The first-order chi connectivity index (χ1) is 15.1. The third-order valence-corrected chi connectivity index (χ3v) is 8.86. The smallest absolute Gasteiger partial charge is 0.282 e. The maximum atomic E-state index is 13.1. The fraction of sp³-hybridized carbons (Fsp3) is 0.636. The van der Waals surface area contributed by atoms with Crippen molar-refractivity contribution in [1.29, 1.82) is 0 Å². The predicted molar refractivity (Wildman–Crippen MR) is 124 cm³/mol. The van der Waals surface area contributed by atoms with Gasteiger partial charge in [-0.1, -0.05) is 12.8 Å². The van der Waals surface area contributed by atoms with Crippen LogP contribution in [0.15, 0.2) is 24.5 Å². The van der Waals surface area contributed by atoms with Crippen molar-refractivity contribution in [1.82, 2.24) is 18.6 Å². The Morgan fingerprint density at radius 1 is 0.677 bits per heavy atom. The molecule has 0 saturated carbocycles. The molecule has 4 heterocycles. The highest BCUT2D eigenvalue weighted by atomic mass is 32.2. The van der Waals surface area contributed by atoms with Crippen LogP contribution < -0.4 is 9.80 Å². The van der Waals surface area contributed by atoms with Crippen LogP contribution in [0, 0.1) is 0 Å². The Morgan fingerprint density at radius 3 is 2.03 bits per heavy atom. The van der Waals surface area contributed by atoms with E-state index < -0.39 is 10.2 Å². The minimum absolute atomic E-state index is 0.529. The Labute approximate surface area is 185 Å². The highest BCUT2D eigenvalue weighted by molar-refractivity contribution is 7.86. The van der Waals surface area contributed by atoms with Crippen molar-refractivity contribution in [2.24, 2.45) is 0 Å². The maximum absolute atomic E-state index is 13.1. The summed E-state index contributed by atoms with van der Waals surface area (Å²) in [6.07, 6.45) is 8.27. The van der Waals surface area contributed by atoms with Crippen LogP contribution in [0.4, 0.5) is 11.5 Å². The summed E-state index contributed by atoms with van der Waals surface area (Å²) in [5.74, 6) is 1.02. The molecule has 3 aliphatic rings. The van der Waals surface area contributed by atoms with Gasteiger partial charge in [-0.2, -0.15) is 17.0 Å². The zero-order valence-electron chi connectivity index (χ0n) is 18.1. The summed E-state index contributed by atoms with van der Waals surface area (Å²) in [4.78, 5) is 13.7. The molecular formula is C22H32N6O2S. The van der Waals surface area contributed by atoms with Crippen molar-refractivity contribution in [2.45, 2.75) is 38.5 Å². The lowest BCUT2D eigenvalue weighted by molar-refractivity contribution is 0.327. The summed E-state index contributed by atoms with van der Waals surface area (Å²) < 4.78 is 29.6. The van der Waals surface area contributed by atoms with Gasteiger partial charge in [0, 0.05) is 63.4 Å². The first kappa shape index (κ1) is 20.9. The van der Waals surface area contributed by atoms with E-state index in [1.807, 2.05) is 0 Å². The topological polar surface area (TPSA) is 72.9 Å². The summed E-state index contributed by atoms with van der Waals surface area (Å²) in [7, 11) is -3.35. The Hall–Kier alpha value is -1.97. The average molecular weight is 445 g/mol. The first-order valence-electron chi connectivity index (χ1n) is 11.6. The van der Waals surface area contributed by atoms with Gasteiger partial charge in [0.1, 0.15) is 12.1 Å². The highest BCUT2D eigenvalue weighted by Gasteiger charge is 2.32. The first-order valence-corrected chi connectivity index (χ1v) is 13.0. The van der Waals surface area contributed by atoms with Gasteiger partial charge in [0.2, 0.25) is 0 Å². The van der Waals surface area contributed by atoms with Gasteiger partial charge >= 0.3 is 0 Å². The molecule has 5 rings (SSSR count). The highest BCUT2D eigenvalue weighted by Crippen LogP contribution is 2.30. The molecule has 0 atom stereocenters. The molecule has 9 heteroatoms. The quantitative estimate of drug-likeness (QED) is 0.721. The Bertz CT molecular complexity index is 1010. The van der Waals surface area contributed by atoms with Crippen LogP contribution in [0.3, 0.4) is 0 Å². The Kier molecular flexibility index (Phi) is 5.99. The van der Waals surface area contributed by atoms with Gasteiger partial charge in [0.25, 0.3) is 10.2 Å². The fourth-order valence-electron chi connectivity index (χ4n) is 5.02. The number of aromatic nitrogens is 2. The number of benzene rings is 1. The van der Waals surface area contributed by atoms with Gasteiger partial charge in [0.15, 0.2) is 0 Å². The van der Waals surface area contributed by atoms with Crippen molar-refractivity contribution >= 4 is 32.6 Å². The molecule has 0 spiro atoms. The number of hydrogen-bond acceptors (Lipinski definition) is 6. The van der Waals surface area contributed by atoms with Crippen molar-refractivity contribution in [3.63, 3.8) is 0 Å². The molecular weight excluding hydrogens is 412 g/mol. The second kappa shape index (κ2) is 8.88. The predicted octanol–water partition coefficient (Wildman–Crippen LogP) is 2.47. The second-order valence-electron chi connectivity index (χ2n) is 8.80. The molecule has 0 radical (unpaired) electrons. The Balaban J connectivity index is 1.31. The van der Waals surface area contributed by atoms with Gasteiger partial charge in [-0.15, -0.1) is 0 Å². The van der Waals surface area contributed by atoms with E-state index in [-0.39, 0.29) is 0 Å². The fourth-order valence-corrected chi connectivity index (χ4v) is 6.69. The third-order valence-electron chi connectivity index (χ3n) is 6.82. The average Bonchev–Trinajstić information content (AvgIpc) is 3.19. The normalized spacial score (nSPS) is 22.2. The van der Waals surface area contributed by atoms with E-state index in [1.165, 1.54) is 12.8 Å². The molecule has 31 heavy (non-hydrogen) atoms. The van der Waals surface area contributed by atoms with Crippen LogP contribution in [-0.4, -0.2) is 79.4 Å². The van der Waals surface area contributed by atoms with E-state index in [1.54, 1.807) is 14.9 Å². The summed E-state index contributed by atoms with van der Waals surface area (Å²) in [5, 5.41) is 1.08. The molecule has 0 amide bonds. The van der Waals surface area contributed by atoms with Gasteiger partial charge in [0.05, 0.1) is 5.52 Å². The minimum Gasteiger partial charge on any atom is -0.369 e. The second-order valence-corrected chi connectivity index (χ2v) is 10.7. The number of anilines is 2. The molecule has 1 aromatic carbocycles. The molecule has 3 aliphatic heterocycles. The zero-order chi connectivity index (χ0) is 21.3. The summed E-state index contributed by atoms with van der Waals surface area (Å²) in [6.45, 7) is 5.87. The number of rotatable bonds is 4. The summed E-state index contributed by atoms with van der Waals surface area (Å²) >= 11 is 0. The lowest BCUT2D eigenvalue weighted by atomic mass is 10.1. The third kappa shape index (κ3) is 4.23. The number of nitrogens with zero attached hydrogens (tertiary/aromatic N) is 6. The Morgan fingerprint density at radius 2 is 1.32 bits per heavy atom. The monoisotopic (exact) mass is 444 g/mol. The van der Waals surface area contributed by atoms with Crippen molar-refractivity contribution in [2.75, 3.05) is 62.2 Å².